The molecule has 2 N–H and O–H groups in total. The highest BCUT2D eigenvalue weighted by molar-refractivity contribution is 6.30. The first-order valence-corrected chi connectivity index (χ1v) is 7.68. The van der Waals surface area contributed by atoms with E-state index in [-0.39, 0.29) is 5.54 Å². The highest BCUT2D eigenvalue weighted by Gasteiger charge is 2.33. The number of ether oxygens (including phenoxy) is 1. The molecule has 1 atom stereocenters. The molecule has 20 heavy (non-hydrogen) atoms. The van der Waals surface area contributed by atoms with E-state index in [4.69, 9.17) is 22.1 Å². The van der Waals surface area contributed by atoms with Gasteiger partial charge in [0.15, 0.2) is 0 Å². The van der Waals surface area contributed by atoms with Gasteiger partial charge in [0.1, 0.15) is 0 Å². The molecule has 1 fully saturated rings. The smallest absolute Gasteiger partial charge is 0.0480 e. The molecule has 0 saturated carbocycles. The van der Waals surface area contributed by atoms with Gasteiger partial charge in [0.25, 0.3) is 0 Å². The van der Waals surface area contributed by atoms with Crippen molar-refractivity contribution in [3.63, 3.8) is 0 Å². The van der Waals surface area contributed by atoms with Crippen molar-refractivity contribution in [3.05, 3.63) is 34.9 Å². The van der Waals surface area contributed by atoms with Crippen molar-refractivity contribution in [1.29, 1.82) is 0 Å². The first kappa shape index (κ1) is 15.8. The Kier molecular flexibility index (Phi) is 5.44. The molecule has 112 valence electrons. The molecule has 1 aliphatic rings. The van der Waals surface area contributed by atoms with Crippen LogP contribution in [-0.2, 0) is 11.2 Å². The second-order valence-electron chi connectivity index (χ2n) is 5.96. The molecule has 3 nitrogen and oxygen atoms in total. The maximum atomic E-state index is 6.09. The lowest BCUT2D eigenvalue weighted by Gasteiger charge is -2.44. The fraction of sp³-hybridized carbons (Fsp3) is 0.625. The van der Waals surface area contributed by atoms with Crippen molar-refractivity contribution < 1.29 is 4.74 Å². The minimum absolute atomic E-state index is 0.0319. The van der Waals surface area contributed by atoms with Crippen LogP contribution in [0.3, 0.4) is 0 Å². The van der Waals surface area contributed by atoms with E-state index in [9.17, 15) is 0 Å². The van der Waals surface area contributed by atoms with Crippen LogP contribution in [0.5, 0.6) is 0 Å². The Morgan fingerprint density at radius 1 is 1.30 bits per heavy atom. The zero-order valence-corrected chi connectivity index (χ0v) is 13.2. The third-order valence-corrected chi connectivity index (χ3v) is 4.78. The number of hydrogen-bond acceptors (Lipinski definition) is 3. The van der Waals surface area contributed by atoms with Gasteiger partial charge >= 0.3 is 0 Å². The number of benzene rings is 1. The number of halogens is 1. The van der Waals surface area contributed by atoms with Gasteiger partial charge in [-0.05, 0) is 50.9 Å². The van der Waals surface area contributed by atoms with Crippen LogP contribution in [0, 0.1) is 0 Å². The molecule has 2 rings (SSSR count). The average molecular weight is 297 g/mol. The van der Waals surface area contributed by atoms with E-state index in [1.165, 1.54) is 5.56 Å². The van der Waals surface area contributed by atoms with Gasteiger partial charge in [0.2, 0.25) is 0 Å². The minimum atomic E-state index is -0.0319. The zero-order valence-electron chi connectivity index (χ0n) is 12.4. The number of hydrogen-bond donors (Lipinski definition) is 1. The Balaban J connectivity index is 2.08. The predicted octanol–water partition coefficient (Wildman–Crippen LogP) is 2.71. The lowest BCUT2D eigenvalue weighted by atomic mass is 9.88. The Hall–Kier alpha value is -0.610. The molecule has 0 bridgehead atoms. The molecule has 1 unspecified atom stereocenters. The van der Waals surface area contributed by atoms with Gasteiger partial charge < -0.3 is 10.5 Å². The molecule has 0 aromatic heterocycles. The highest BCUT2D eigenvalue weighted by atomic mass is 35.5. The molecule has 0 aliphatic carbocycles. The van der Waals surface area contributed by atoms with Crippen molar-refractivity contribution in [1.82, 2.24) is 4.90 Å². The van der Waals surface area contributed by atoms with Crippen molar-refractivity contribution in [2.45, 2.75) is 37.8 Å². The summed E-state index contributed by atoms with van der Waals surface area (Å²) in [5.41, 5.74) is 7.34. The monoisotopic (exact) mass is 296 g/mol. The number of rotatable bonds is 5. The van der Waals surface area contributed by atoms with Gasteiger partial charge in [0.05, 0.1) is 0 Å². The number of likely N-dealkylation sites (N-methyl/N-ethyl adjacent to an activating group) is 1. The quantitative estimate of drug-likeness (QED) is 0.908. The van der Waals surface area contributed by atoms with Crippen molar-refractivity contribution in [2.24, 2.45) is 5.73 Å². The van der Waals surface area contributed by atoms with Crippen LogP contribution in [0.1, 0.15) is 25.3 Å². The lowest BCUT2D eigenvalue weighted by Crippen LogP contribution is -2.56. The van der Waals surface area contributed by atoms with Gasteiger partial charge in [0, 0.05) is 36.4 Å². The number of nitrogens with zero attached hydrogens (tertiary/aromatic N) is 1. The zero-order chi connectivity index (χ0) is 14.6. The molecular formula is C16H25ClN2O. The SMILES string of the molecule is CN(C1CCOCC1)C(C)(CN)Cc1ccc(Cl)cc1. The lowest BCUT2D eigenvalue weighted by molar-refractivity contribution is 0.00402. The van der Waals surface area contributed by atoms with Crippen molar-refractivity contribution in [2.75, 3.05) is 26.8 Å². The van der Waals surface area contributed by atoms with Gasteiger partial charge in [-0.25, -0.2) is 0 Å². The topological polar surface area (TPSA) is 38.5 Å². The first-order chi connectivity index (χ1) is 9.55. The van der Waals surface area contributed by atoms with Crippen LogP contribution >= 0.6 is 11.6 Å². The standard InChI is InChI=1S/C16H25ClN2O/c1-16(12-18,11-13-3-5-14(17)6-4-13)19(2)15-7-9-20-10-8-15/h3-6,15H,7-12,18H2,1-2H3. The molecule has 1 aromatic carbocycles. The largest absolute Gasteiger partial charge is 0.381 e. The maximum absolute atomic E-state index is 6.09. The van der Waals surface area contributed by atoms with Crippen molar-refractivity contribution >= 4 is 11.6 Å². The van der Waals surface area contributed by atoms with Gasteiger partial charge in [-0.15, -0.1) is 0 Å². The molecule has 1 saturated heterocycles. The summed E-state index contributed by atoms with van der Waals surface area (Å²) in [4.78, 5) is 2.45. The molecular weight excluding hydrogens is 272 g/mol. The molecule has 1 heterocycles. The second kappa shape index (κ2) is 6.90. The highest BCUT2D eigenvalue weighted by Crippen LogP contribution is 2.25. The Bertz CT molecular complexity index is 417. The molecule has 0 radical (unpaired) electrons. The van der Waals surface area contributed by atoms with Crippen LogP contribution in [-0.4, -0.2) is 43.3 Å². The summed E-state index contributed by atoms with van der Waals surface area (Å²) >= 11 is 5.95. The predicted molar refractivity (Wildman–Crippen MR) is 84.2 cm³/mol. The van der Waals surface area contributed by atoms with E-state index in [1.807, 2.05) is 12.1 Å². The summed E-state index contributed by atoms with van der Waals surface area (Å²) in [6.07, 6.45) is 3.12. The fourth-order valence-corrected chi connectivity index (χ4v) is 3.02. The normalized spacial score (nSPS) is 20.1. The summed E-state index contributed by atoms with van der Waals surface area (Å²) < 4.78 is 5.46. The maximum Gasteiger partial charge on any atom is 0.0480 e. The van der Waals surface area contributed by atoms with E-state index in [0.29, 0.717) is 12.6 Å². The van der Waals surface area contributed by atoms with Crippen LogP contribution in [0.15, 0.2) is 24.3 Å². The molecule has 4 heteroatoms. The molecule has 0 amide bonds. The first-order valence-electron chi connectivity index (χ1n) is 7.30. The minimum Gasteiger partial charge on any atom is -0.381 e. The van der Waals surface area contributed by atoms with E-state index >= 15 is 0 Å². The Morgan fingerprint density at radius 2 is 1.90 bits per heavy atom. The fourth-order valence-electron chi connectivity index (χ4n) is 2.90. The third-order valence-electron chi connectivity index (χ3n) is 4.53. The molecule has 1 aliphatic heterocycles. The van der Waals surface area contributed by atoms with E-state index < -0.39 is 0 Å². The second-order valence-corrected chi connectivity index (χ2v) is 6.40. The van der Waals surface area contributed by atoms with Crippen LogP contribution in [0.2, 0.25) is 5.02 Å². The van der Waals surface area contributed by atoms with E-state index in [0.717, 1.165) is 37.5 Å². The average Bonchev–Trinajstić information content (AvgIpc) is 2.49. The van der Waals surface area contributed by atoms with Crippen LogP contribution in [0.4, 0.5) is 0 Å². The van der Waals surface area contributed by atoms with E-state index in [2.05, 4.69) is 31.0 Å². The van der Waals surface area contributed by atoms with Crippen LogP contribution < -0.4 is 5.73 Å². The van der Waals surface area contributed by atoms with Crippen LogP contribution in [0.25, 0.3) is 0 Å². The summed E-state index contributed by atoms with van der Waals surface area (Å²) in [5, 5.41) is 0.779. The Labute approximate surface area is 127 Å². The summed E-state index contributed by atoms with van der Waals surface area (Å²) in [7, 11) is 2.19. The Morgan fingerprint density at radius 3 is 2.45 bits per heavy atom. The van der Waals surface area contributed by atoms with Gasteiger partial charge in [-0.3, -0.25) is 4.90 Å². The number of nitrogens with two attached hydrogens (primary N) is 1. The summed E-state index contributed by atoms with van der Waals surface area (Å²) in [6, 6.07) is 8.64. The summed E-state index contributed by atoms with van der Waals surface area (Å²) in [6.45, 7) is 4.60. The van der Waals surface area contributed by atoms with Gasteiger partial charge in [-0.1, -0.05) is 23.7 Å². The molecule has 1 aromatic rings. The molecule has 0 spiro atoms. The summed E-state index contributed by atoms with van der Waals surface area (Å²) in [5.74, 6) is 0. The van der Waals surface area contributed by atoms with E-state index in [1.54, 1.807) is 0 Å². The van der Waals surface area contributed by atoms with Gasteiger partial charge in [-0.2, -0.15) is 0 Å². The third kappa shape index (κ3) is 3.73. The van der Waals surface area contributed by atoms with Crippen molar-refractivity contribution in [3.8, 4) is 0 Å².